The van der Waals surface area contributed by atoms with Crippen LogP contribution < -0.4 is 0 Å². The van der Waals surface area contributed by atoms with Crippen LogP contribution in [0, 0.1) is 154 Å². The number of hydrogen-bond donors (Lipinski definition) is 0. The lowest BCUT2D eigenvalue weighted by Crippen LogP contribution is -2.31. The van der Waals surface area contributed by atoms with E-state index in [2.05, 4.69) is 0 Å². The minimum atomic E-state index is 1.11. The molecule has 0 aromatic rings. The summed E-state index contributed by atoms with van der Waals surface area (Å²) in [7, 11) is 0. The standard InChI is InChI=1S/C12H22.2C11H20.3C10H18.C9H14.2C9H16.C8H12.C8H14/c1-2-6-12-9-3-7-11(5-1)8-4-10-12;1-4-10-6-2-7-11(5-1)9-3-8-10;1-2-5-11-7-3-6-10(4-1)8-9-11;1-3-9-5-2-6-10(4-1)8-7-9;1-2-5-10-7-3-6-9(4-1)8-10;1-2-4-10-7-5-9(3-1)6-8-10;1-2-7-5-6(1)8-3-4-9(7)8;1-3-8-5-2-6-9(4-1)7-8;1-2-4-9-6-5-8(3-1)7-9;1-2-6-3-5(1)7-4-8(6)7;1-2-8-5-3-7(1)4-6-8/h11-12H,1-10H2;2*10-11H,1-9H2;3*9-10H,1-8H2;6-9H,1-5H2;2*8-9H,1-7H2;5-8H,1-4H2;7-8H,1-6H2. The van der Waals surface area contributed by atoms with Gasteiger partial charge in [-0.3, -0.25) is 0 Å². The van der Waals surface area contributed by atoms with Crippen LogP contribution >= 0.6 is 0 Å². The molecule has 28 rings (SSSR count). The summed E-state index contributed by atoms with van der Waals surface area (Å²) in [6.45, 7) is 0. The van der Waals surface area contributed by atoms with Gasteiger partial charge < -0.3 is 0 Å². The molecule has 0 aliphatic heterocycles. The fraction of sp³-hybridized carbons (Fsp3) is 1.00. The Morgan fingerprint density at radius 1 is 0.0748 bits per heavy atom. The first-order valence-corrected chi connectivity index (χ1v) is 52.9. The van der Waals surface area contributed by atoms with Crippen LogP contribution in [0.5, 0.6) is 0 Å². The molecule has 0 radical (unpaired) electrons. The number of fused-ring (bicyclic) bond motifs is 43. The van der Waals surface area contributed by atoms with Crippen molar-refractivity contribution in [1.29, 1.82) is 0 Å². The van der Waals surface area contributed by atoms with E-state index in [1.165, 1.54) is 182 Å². The zero-order valence-electron chi connectivity index (χ0n) is 72.3. The second-order valence-corrected chi connectivity index (χ2v) is 45.7. The zero-order chi connectivity index (χ0) is 72.3. The molecular weight excluding hydrogens is 1290 g/mol. The van der Waals surface area contributed by atoms with E-state index in [0.717, 1.165) is 107 Å². The van der Waals surface area contributed by atoms with Gasteiger partial charge in [0.05, 0.1) is 0 Å². The van der Waals surface area contributed by atoms with Gasteiger partial charge in [-0.05, 0) is 231 Å². The molecule has 0 saturated heterocycles. The highest BCUT2D eigenvalue weighted by atomic mass is 14.6. The second kappa shape index (κ2) is 46.2. The topological polar surface area (TPSA) is 0 Å². The minimum Gasteiger partial charge on any atom is -0.0530 e. The first-order chi connectivity index (χ1) is 52.9. The molecule has 616 valence electrons. The Balaban J connectivity index is 0.0000000988. The molecule has 0 heteroatoms. The maximum Gasteiger partial charge on any atom is -0.0352 e. The number of rotatable bonds is 0. The van der Waals surface area contributed by atoms with Crippen molar-refractivity contribution in [3.05, 3.63) is 0 Å². The third-order valence-corrected chi connectivity index (χ3v) is 38.4. The summed E-state index contributed by atoms with van der Waals surface area (Å²) in [5, 5.41) is 0. The molecule has 28 fully saturated rings. The van der Waals surface area contributed by atoms with Crippen molar-refractivity contribution in [2.45, 2.75) is 520 Å². The van der Waals surface area contributed by atoms with E-state index >= 15 is 0 Å². The van der Waals surface area contributed by atoms with Gasteiger partial charge in [0.25, 0.3) is 0 Å². The van der Waals surface area contributed by atoms with E-state index in [0.29, 0.717) is 0 Å². The van der Waals surface area contributed by atoms with Crippen LogP contribution in [0.3, 0.4) is 0 Å². The summed E-state index contributed by atoms with van der Waals surface area (Å²) >= 11 is 0. The average Bonchev–Trinajstić information content (AvgIpc) is 1.58. The monoisotopic (exact) mass is 1470 g/mol. The summed E-state index contributed by atoms with van der Waals surface area (Å²) in [6, 6.07) is 0. The van der Waals surface area contributed by atoms with Gasteiger partial charge in [0.1, 0.15) is 0 Å². The Hall–Kier alpha value is 0. The highest BCUT2D eigenvalue weighted by Crippen LogP contribution is 2.66. The Bertz CT molecular complexity index is 2060. The van der Waals surface area contributed by atoms with Gasteiger partial charge in [-0.1, -0.05) is 443 Å². The van der Waals surface area contributed by atoms with Crippen LogP contribution in [-0.4, -0.2) is 0 Å². The van der Waals surface area contributed by atoms with Crippen LogP contribution in [0.25, 0.3) is 0 Å². The minimum absolute atomic E-state index is 1.11. The molecule has 0 spiro atoms. The molecule has 0 N–H and O–H groups in total. The Labute approximate surface area is 669 Å². The molecule has 0 aromatic carbocycles. The van der Waals surface area contributed by atoms with Gasteiger partial charge in [0, 0.05) is 0 Å². The van der Waals surface area contributed by atoms with Crippen LogP contribution in [0.15, 0.2) is 0 Å². The van der Waals surface area contributed by atoms with Gasteiger partial charge in [-0.15, -0.1) is 0 Å². The van der Waals surface area contributed by atoms with Crippen molar-refractivity contribution >= 4 is 0 Å². The van der Waals surface area contributed by atoms with Gasteiger partial charge in [0.2, 0.25) is 0 Å². The summed E-state index contributed by atoms with van der Waals surface area (Å²) in [5.41, 5.74) is 0. The normalized spacial score (nSPS) is 44.4. The fourth-order valence-electron chi connectivity index (χ4n) is 31.3. The molecule has 22 bridgehead atoms. The first kappa shape index (κ1) is 83.5. The highest BCUT2D eigenvalue weighted by molar-refractivity contribution is 5.06. The smallest absolute Gasteiger partial charge is 0.0352 e. The lowest BCUT2D eigenvalue weighted by atomic mass is 9.66. The average molecular weight is 1470 g/mol. The van der Waals surface area contributed by atoms with Crippen molar-refractivity contribution in [3.63, 3.8) is 0 Å². The molecule has 107 heavy (non-hydrogen) atoms. The molecule has 28 aliphatic carbocycles. The lowest BCUT2D eigenvalue weighted by Gasteiger charge is -2.40. The second-order valence-electron chi connectivity index (χ2n) is 45.7. The molecule has 0 amide bonds. The van der Waals surface area contributed by atoms with Gasteiger partial charge >= 0.3 is 0 Å². The maximum atomic E-state index is 1.62. The summed E-state index contributed by atoms with van der Waals surface area (Å²) < 4.78 is 0. The van der Waals surface area contributed by atoms with E-state index in [4.69, 9.17) is 0 Å². The van der Waals surface area contributed by atoms with Crippen molar-refractivity contribution in [1.82, 2.24) is 0 Å². The molecule has 28 saturated carbocycles. The van der Waals surface area contributed by atoms with Crippen LogP contribution in [0.1, 0.15) is 520 Å². The van der Waals surface area contributed by atoms with E-state index in [-0.39, 0.29) is 0 Å². The van der Waals surface area contributed by atoms with Crippen LogP contribution in [-0.2, 0) is 0 Å². The number of hydrogen-bond acceptors (Lipinski definition) is 0. The fourth-order valence-corrected chi connectivity index (χ4v) is 31.3. The van der Waals surface area contributed by atoms with Crippen molar-refractivity contribution in [3.8, 4) is 0 Å². The zero-order valence-corrected chi connectivity index (χ0v) is 72.3. The summed E-state index contributed by atoms with van der Waals surface area (Å²) in [4.78, 5) is 0. The molecule has 28 aliphatic rings. The molecule has 0 heterocycles. The van der Waals surface area contributed by atoms with Gasteiger partial charge in [0.15, 0.2) is 0 Å². The third kappa shape index (κ3) is 28.1. The van der Waals surface area contributed by atoms with Gasteiger partial charge in [-0.25, -0.2) is 0 Å². The van der Waals surface area contributed by atoms with E-state index in [9.17, 15) is 0 Å². The van der Waals surface area contributed by atoms with Crippen molar-refractivity contribution in [2.75, 3.05) is 0 Å². The maximum absolute atomic E-state index is 1.62. The van der Waals surface area contributed by atoms with Crippen LogP contribution in [0.2, 0.25) is 0 Å². The summed E-state index contributed by atoms with van der Waals surface area (Å²) in [5.74, 6) is 30.2. The largest absolute Gasteiger partial charge is 0.0530 e. The Morgan fingerprint density at radius 2 is 0.206 bits per heavy atom. The predicted octanol–water partition coefficient (Wildman–Crippen LogP) is 34.8. The summed E-state index contributed by atoms with van der Waals surface area (Å²) in [6.07, 6.45) is 126. The van der Waals surface area contributed by atoms with E-state index in [1.54, 1.807) is 385 Å². The predicted molar refractivity (Wildman–Crippen MR) is 465 cm³/mol. The molecule has 14 atom stereocenters. The SMILES string of the molecule is C1CC2CC1C1CC21.C1CC2CC1C1CCC21.C1CC2CCC1CC2.C1CC2CCCC(C1)C2.C1CC2CCCC(C1)CC2.C1CC2CCCC(C1)CCC2.C1CCC2CCC(C1)C2.C1CCC2CCC(C1)CC2.C1CCC2CCCC(C1)C2.C1CCC2CCCC(C1)CC2.C1CCC2CCCC(C1)CCC2. The lowest BCUT2D eigenvalue weighted by molar-refractivity contribution is 0.103. The highest BCUT2D eigenvalue weighted by Gasteiger charge is 2.57. The van der Waals surface area contributed by atoms with Crippen LogP contribution in [0.4, 0.5) is 0 Å². The molecule has 14 unspecified atom stereocenters. The third-order valence-electron chi connectivity index (χ3n) is 38.4. The van der Waals surface area contributed by atoms with E-state index < -0.39 is 0 Å². The Morgan fingerprint density at radius 3 is 0.393 bits per heavy atom. The molecule has 0 nitrogen and oxygen atoms in total. The molecular formula is C107H188. The van der Waals surface area contributed by atoms with Crippen molar-refractivity contribution < 1.29 is 0 Å². The molecule has 0 aromatic heterocycles. The first-order valence-electron chi connectivity index (χ1n) is 52.9. The van der Waals surface area contributed by atoms with E-state index in [1.807, 2.05) is 0 Å². The Kier molecular flexibility index (Phi) is 36.1. The quantitative estimate of drug-likeness (QED) is 0.227. The van der Waals surface area contributed by atoms with Gasteiger partial charge in [-0.2, -0.15) is 0 Å². The van der Waals surface area contributed by atoms with Crippen molar-refractivity contribution in [2.24, 2.45) is 154 Å².